The Hall–Kier alpha value is -1.89. The van der Waals surface area contributed by atoms with Crippen LogP contribution >= 0.6 is 11.3 Å². The molecule has 0 aliphatic heterocycles. The van der Waals surface area contributed by atoms with Crippen LogP contribution in [0, 0.1) is 6.92 Å². The third-order valence-electron chi connectivity index (χ3n) is 2.81. The van der Waals surface area contributed by atoms with E-state index in [4.69, 9.17) is 0 Å². The Kier molecular flexibility index (Phi) is 4.08. The zero-order chi connectivity index (χ0) is 14.9. The van der Waals surface area contributed by atoms with Gasteiger partial charge in [-0.05, 0) is 26.8 Å². The number of carbonyl (C=O) groups is 1. The Labute approximate surface area is 119 Å². The van der Waals surface area contributed by atoms with Gasteiger partial charge in [-0.2, -0.15) is 0 Å². The molecule has 2 rings (SSSR count). The fourth-order valence-corrected chi connectivity index (χ4v) is 2.87. The van der Waals surface area contributed by atoms with Crippen LogP contribution in [0.25, 0.3) is 10.2 Å². The standard InChI is InChI=1S/C13H17N3O3S/c1-7(2)14-10(17)4-5-16-12(18)9-6-8(3)20-11(9)15-13(16)19/h6-7H,4-5H2,1-3H3,(H,14,17)(H,15,19). The number of nitrogens with zero attached hydrogens (tertiary/aromatic N) is 1. The van der Waals surface area contributed by atoms with E-state index in [-0.39, 0.29) is 30.5 Å². The van der Waals surface area contributed by atoms with E-state index in [0.717, 1.165) is 9.44 Å². The lowest BCUT2D eigenvalue weighted by atomic mass is 10.3. The van der Waals surface area contributed by atoms with Gasteiger partial charge in [0, 0.05) is 23.9 Å². The quantitative estimate of drug-likeness (QED) is 0.881. The summed E-state index contributed by atoms with van der Waals surface area (Å²) in [5, 5.41) is 3.23. The molecular weight excluding hydrogens is 278 g/mol. The van der Waals surface area contributed by atoms with Gasteiger partial charge in [-0.25, -0.2) is 4.79 Å². The van der Waals surface area contributed by atoms with Gasteiger partial charge in [-0.15, -0.1) is 11.3 Å². The minimum atomic E-state index is -0.471. The molecule has 0 radical (unpaired) electrons. The summed E-state index contributed by atoms with van der Waals surface area (Å²) in [7, 11) is 0. The molecule has 0 bridgehead atoms. The summed E-state index contributed by atoms with van der Waals surface area (Å²) in [6.45, 7) is 5.68. The van der Waals surface area contributed by atoms with Gasteiger partial charge in [-0.1, -0.05) is 0 Å². The van der Waals surface area contributed by atoms with Crippen LogP contribution in [-0.2, 0) is 11.3 Å². The van der Waals surface area contributed by atoms with E-state index in [1.165, 1.54) is 11.3 Å². The maximum absolute atomic E-state index is 12.2. The van der Waals surface area contributed by atoms with Gasteiger partial charge in [0.1, 0.15) is 4.83 Å². The van der Waals surface area contributed by atoms with Gasteiger partial charge >= 0.3 is 5.69 Å². The lowest BCUT2D eigenvalue weighted by molar-refractivity contribution is -0.121. The van der Waals surface area contributed by atoms with Crippen LogP contribution in [0.3, 0.4) is 0 Å². The molecule has 0 fully saturated rings. The van der Waals surface area contributed by atoms with E-state index in [1.807, 2.05) is 20.8 Å². The minimum absolute atomic E-state index is 0.0412. The molecule has 0 saturated carbocycles. The third kappa shape index (κ3) is 2.98. The number of thiophene rings is 1. The van der Waals surface area contributed by atoms with E-state index in [0.29, 0.717) is 10.2 Å². The lowest BCUT2D eigenvalue weighted by Crippen LogP contribution is -2.37. The van der Waals surface area contributed by atoms with Gasteiger partial charge in [0.25, 0.3) is 5.56 Å². The molecule has 2 aromatic rings. The Morgan fingerprint density at radius 1 is 1.45 bits per heavy atom. The average molecular weight is 295 g/mol. The van der Waals surface area contributed by atoms with Crippen molar-refractivity contribution in [2.45, 2.75) is 39.8 Å². The molecule has 0 saturated heterocycles. The zero-order valence-electron chi connectivity index (χ0n) is 11.6. The summed E-state index contributed by atoms with van der Waals surface area (Å²) in [5.41, 5.74) is -0.813. The number of aromatic nitrogens is 2. The number of hydrogen-bond donors (Lipinski definition) is 2. The number of carbonyl (C=O) groups excluding carboxylic acids is 1. The second-order valence-electron chi connectivity index (χ2n) is 4.96. The normalized spacial score (nSPS) is 11.2. The highest BCUT2D eigenvalue weighted by Gasteiger charge is 2.11. The Morgan fingerprint density at radius 2 is 2.15 bits per heavy atom. The average Bonchev–Trinajstić information content (AvgIpc) is 2.68. The molecular formula is C13H17N3O3S. The summed E-state index contributed by atoms with van der Waals surface area (Å²) in [4.78, 5) is 39.9. The van der Waals surface area contributed by atoms with E-state index < -0.39 is 5.69 Å². The summed E-state index contributed by atoms with van der Waals surface area (Å²) >= 11 is 1.37. The Bertz CT molecular complexity index is 754. The second kappa shape index (κ2) is 5.62. The highest BCUT2D eigenvalue weighted by Crippen LogP contribution is 2.18. The molecule has 0 aliphatic rings. The van der Waals surface area contributed by atoms with Crippen LogP contribution in [0.1, 0.15) is 25.1 Å². The molecule has 6 nitrogen and oxygen atoms in total. The first-order valence-electron chi connectivity index (χ1n) is 6.41. The van der Waals surface area contributed by atoms with Crippen molar-refractivity contribution in [1.29, 1.82) is 0 Å². The molecule has 108 valence electrons. The molecule has 0 atom stereocenters. The third-order valence-corrected chi connectivity index (χ3v) is 3.77. The molecule has 0 aliphatic carbocycles. The van der Waals surface area contributed by atoms with E-state index >= 15 is 0 Å². The molecule has 0 aromatic carbocycles. The molecule has 2 aromatic heterocycles. The van der Waals surface area contributed by atoms with Crippen molar-refractivity contribution in [3.8, 4) is 0 Å². The number of nitrogens with one attached hydrogen (secondary N) is 2. The van der Waals surface area contributed by atoms with Crippen molar-refractivity contribution >= 4 is 27.5 Å². The van der Waals surface area contributed by atoms with Crippen molar-refractivity contribution in [3.63, 3.8) is 0 Å². The largest absolute Gasteiger partial charge is 0.354 e. The summed E-state index contributed by atoms with van der Waals surface area (Å²) in [6.07, 6.45) is 0.107. The summed E-state index contributed by atoms with van der Waals surface area (Å²) in [6, 6.07) is 1.79. The predicted molar refractivity (Wildman–Crippen MR) is 79.3 cm³/mol. The number of fused-ring (bicyclic) bond motifs is 1. The van der Waals surface area contributed by atoms with Crippen molar-refractivity contribution < 1.29 is 4.79 Å². The molecule has 0 unspecified atom stereocenters. The monoisotopic (exact) mass is 295 g/mol. The number of aromatic amines is 1. The van der Waals surface area contributed by atoms with Gasteiger partial charge in [0.05, 0.1) is 5.39 Å². The van der Waals surface area contributed by atoms with Crippen LogP contribution < -0.4 is 16.6 Å². The lowest BCUT2D eigenvalue weighted by Gasteiger charge is -2.08. The number of H-pyrrole nitrogens is 1. The Balaban J connectivity index is 2.28. The van der Waals surface area contributed by atoms with Crippen LogP contribution in [-0.4, -0.2) is 21.5 Å². The number of amides is 1. The fourth-order valence-electron chi connectivity index (χ4n) is 1.98. The van der Waals surface area contributed by atoms with E-state index in [9.17, 15) is 14.4 Å². The number of rotatable bonds is 4. The minimum Gasteiger partial charge on any atom is -0.354 e. The molecule has 7 heteroatoms. The van der Waals surface area contributed by atoms with Gasteiger partial charge in [-0.3, -0.25) is 19.1 Å². The summed E-state index contributed by atoms with van der Waals surface area (Å²) < 4.78 is 1.08. The molecule has 20 heavy (non-hydrogen) atoms. The first-order chi connectivity index (χ1) is 9.38. The fraction of sp³-hybridized carbons (Fsp3) is 0.462. The smallest absolute Gasteiger partial charge is 0.329 e. The van der Waals surface area contributed by atoms with Crippen molar-refractivity contribution in [2.75, 3.05) is 0 Å². The number of aryl methyl sites for hydroxylation is 1. The predicted octanol–water partition coefficient (Wildman–Crippen LogP) is 0.974. The first kappa shape index (κ1) is 14.5. The molecule has 2 heterocycles. The van der Waals surface area contributed by atoms with Crippen molar-refractivity contribution in [2.24, 2.45) is 0 Å². The maximum atomic E-state index is 12.2. The van der Waals surface area contributed by atoms with E-state index in [1.54, 1.807) is 6.07 Å². The highest BCUT2D eigenvalue weighted by atomic mass is 32.1. The van der Waals surface area contributed by atoms with Gasteiger partial charge in [0.2, 0.25) is 5.91 Å². The van der Waals surface area contributed by atoms with Crippen LogP contribution in [0.5, 0.6) is 0 Å². The first-order valence-corrected chi connectivity index (χ1v) is 7.22. The topological polar surface area (TPSA) is 84.0 Å². The van der Waals surface area contributed by atoms with Crippen molar-refractivity contribution in [3.05, 3.63) is 31.8 Å². The van der Waals surface area contributed by atoms with Crippen LogP contribution in [0.2, 0.25) is 0 Å². The second-order valence-corrected chi connectivity index (χ2v) is 6.22. The summed E-state index contributed by atoms with van der Waals surface area (Å²) in [5.74, 6) is -0.173. The highest BCUT2D eigenvalue weighted by molar-refractivity contribution is 7.18. The van der Waals surface area contributed by atoms with Crippen LogP contribution in [0.4, 0.5) is 0 Å². The Morgan fingerprint density at radius 3 is 2.80 bits per heavy atom. The SMILES string of the molecule is Cc1cc2c(=O)n(CCC(=O)NC(C)C)c(=O)[nH]c2s1. The molecule has 1 amide bonds. The maximum Gasteiger partial charge on any atom is 0.329 e. The van der Waals surface area contributed by atoms with Gasteiger partial charge < -0.3 is 5.32 Å². The van der Waals surface area contributed by atoms with Crippen LogP contribution in [0.15, 0.2) is 15.7 Å². The molecule has 2 N–H and O–H groups in total. The molecule has 0 spiro atoms. The van der Waals surface area contributed by atoms with E-state index in [2.05, 4.69) is 10.3 Å². The van der Waals surface area contributed by atoms with Gasteiger partial charge in [0.15, 0.2) is 0 Å². The number of hydrogen-bond acceptors (Lipinski definition) is 4. The zero-order valence-corrected chi connectivity index (χ0v) is 12.5. The van der Waals surface area contributed by atoms with Crippen molar-refractivity contribution in [1.82, 2.24) is 14.9 Å².